The van der Waals surface area contributed by atoms with E-state index in [9.17, 15) is 14.9 Å². The van der Waals surface area contributed by atoms with E-state index < -0.39 is 4.92 Å². The minimum atomic E-state index is -0.398. The Morgan fingerprint density at radius 3 is 2.62 bits per heavy atom. The second-order valence-electron chi connectivity index (χ2n) is 5.73. The molecule has 0 fully saturated rings. The van der Waals surface area contributed by atoms with E-state index in [0.29, 0.717) is 23.3 Å². The van der Waals surface area contributed by atoms with Crippen LogP contribution in [0.5, 0.6) is 0 Å². The third-order valence-corrected chi connectivity index (χ3v) is 4.14. The number of aldehydes is 1. The summed E-state index contributed by atoms with van der Waals surface area (Å²) in [6, 6.07) is 17.4. The van der Waals surface area contributed by atoms with Gasteiger partial charge in [0.2, 0.25) is 0 Å². The molecule has 2 aromatic carbocycles. The predicted octanol–water partition coefficient (Wildman–Crippen LogP) is 4.07. The van der Waals surface area contributed by atoms with Gasteiger partial charge >= 0.3 is 0 Å². The molecule has 7 nitrogen and oxygen atoms in total. The van der Waals surface area contributed by atoms with Gasteiger partial charge in [-0.2, -0.15) is 5.10 Å². The Hall–Kier alpha value is -3.74. The minimum Gasteiger partial charge on any atom is -0.452 e. The molecule has 0 spiro atoms. The summed E-state index contributed by atoms with van der Waals surface area (Å²) in [6.45, 7) is 0.249. The van der Waals surface area contributed by atoms with Crippen LogP contribution in [0.15, 0.2) is 65.1 Å². The monoisotopic (exact) mass is 347 g/mol. The van der Waals surface area contributed by atoms with Crippen molar-refractivity contribution in [3.63, 3.8) is 0 Å². The van der Waals surface area contributed by atoms with Gasteiger partial charge in [0.05, 0.1) is 22.5 Å². The molecule has 4 rings (SSSR count). The number of fused-ring (bicyclic) bond motifs is 1. The first-order valence-corrected chi connectivity index (χ1v) is 7.90. The molecule has 0 aliphatic rings. The Labute approximate surface area is 147 Å². The number of aromatic nitrogens is 2. The highest BCUT2D eigenvalue weighted by Crippen LogP contribution is 2.30. The SMILES string of the molecule is O=Cc1ccc(-c2nn(Cc3ccccc3[N+](=O)[O-])c3ccccc23)o1. The Balaban J connectivity index is 1.84. The van der Waals surface area contributed by atoms with E-state index in [-0.39, 0.29) is 18.0 Å². The number of carbonyl (C=O) groups excluding carboxylic acids is 1. The quantitative estimate of drug-likeness (QED) is 0.308. The van der Waals surface area contributed by atoms with Crippen LogP contribution in [0.1, 0.15) is 16.1 Å². The number of rotatable bonds is 5. The van der Waals surface area contributed by atoms with Gasteiger partial charge in [-0.15, -0.1) is 0 Å². The molecule has 0 saturated heterocycles. The largest absolute Gasteiger partial charge is 0.452 e. The zero-order valence-corrected chi connectivity index (χ0v) is 13.5. The molecule has 0 bridgehead atoms. The number of hydrogen-bond acceptors (Lipinski definition) is 5. The lowest BCUT2D eigenvalue weighted by atomic mass is 10.1. The molecule has 0 radical (unpaired) electrons. The van der Waals surface area contributed by atoms with Gasteiger partial charge in [-0.3, -0.25) is 19.6 Å². The Bertz CT molecular complexity index is 1130. The van der Waals surface area contributed by atoms with Crippen molar-refractivity contribution in [3.05, 3.63) is 82.1 Å². The first-order valence-electron chi connectivity index (χ1n) is 7.90. The maximum atomic E-state index is 11.3. The van der Waals surface area contributed by atoms with E-state index in [1.165, 1.54) is 6.07 Å². The molecule has 0 atom stereocenters. The summed E-state index contributed by atoms with van der Waals surface area (Å²) in [5.41, 5.74) is 2.03. The van der Waals surface area contributed by atoms with E-state index in [1.807, 2.05) is 24.3 Å². The summed E-state index contributed by atoms with van der Waals surface area (Å²) < 4.78 is 7.20. The Kier molecular flexibility index (Phi) is 3.81. The van der Waals surface area contributed by atoms with E-state index in [0.717, 1.165) is 10.9 Å². The molecule has 2 aromatic heterocycles. The van der Waals surface area contributed by atoms with Crippen molar-refractivity contribution in [2.45, 2.75) is 6.54 Å². The molecule has 26 heavy (non-hydrogen) atoms. The van der Waals surface area contributed by atoms with Gasteiger partial charge in [0, 0.05) is 11.5 Å². The standard InChI is InChI=1S/C19H13N3O4/c23-12-14-9-10-18(26-14)19-15-6-2-4-8-17(15)21(20-19)11-13-5-1-3-7-16(13)22(24)25/h1-10,12H,11H2. The highest BCUT2D eigenvalue weighted by molar-refractivity contribution is 5.92. The van der Waals surface area contributed by atoms with Gasteiger partial charge in [0.15, 0.2) is 17.8 Å². The van der Waals surface area contributed by atoms with Crippen LogP contribution in [0, 0.1) is 10.1 Å². The molecule has 4 aromatic rings. The van der Waals surface area contributed by atoms with Crippen molar-refractivity contribution in [3.8, 4) is 11.5 Å². The second kappa shape index (κ2) is 6.29. The summed E-state index contributed by atoms with van der Waals surface area (Å²) in [6.07, 6.45) is 0.635. The van der Waals surface area contributed by atoms with Crippen molar-refractivity contribution in [2.75, 3.05) is 0 Å². The summed E-state index contributed by atoms with van der Waals surface area (Å²) in [7, 11) is 0. The molecule has 0 aliphatic carbocycles. The molecule has 0 saturated carbocycles. The van der Waals surface area contributed by atoms with Crippen LogP contribution in [0.4, 0.5) is 5.69 Å². The zero-order valence-electron chi connectivity index (χ0n) is 13.5. The molecule has 0 amide bonds. The van der Waals surface area contributed by atoms with Gasteiger partial charge < -0.3 is 4.42 Å². The lowest BCUT2D eigenvalue weighted by Gasteiger charge is -2.04. The molecular formula is C19H13N3O4. The molecular weight excluding hydrogens is 334 g/mol. The highest BCUT2D eigenvalue weighted by Gasteiger charge is 2.18. The number of nitrogens with zero attached hydrogens (tertiary/aromatic N) is 3. The summed E-state index contributed by atoms with van der Waals surface area (Å²) in [5.74, 6) is 0.696. The van der Waals surface area contributed by atoms with Crippen molar-refractivity contribution in [1.82, 2.24) is 9.78 Å². The number of carbonyl (C=O) groups is 1. The minimum absolute atomic E-state index is 0.0508. The molecule has 0 aliphatic heterocycles. The van der Waals surface area contributed by atoms with Crippen molar-refractivity contribution in [1.29, 1.82) is 0 Å². The summed E-state index contributed by atoms with van der Waals surface area (Å²) in [5, 5.41) is 16.7. The van der Waals surface area contributed by atoms with Crippen LogP contribution in [-0.4, -0.2) is 21.0 Å². The average Bonchev–Trinajstić information content (AvgIpc) is 3.27. The molecule has 0 N–H and O–H groups in total. The number of para-hydroxylation sites is 2. The van der Waals surface area contributed by atoms with Crippen LogP contribution < -0.4 is 0 Å². The number of hydrogen-bond donors (Lipinski definition) is 0. The van der Waals surface area contributed by atoms with Crippen molar-refractivity contribution < 1.29 is 14.1 Å². The van der Waals surface area contributed by atoms with Crippen LogP contribution in [0.25, 0.3) is 22.4 Å². The topological polar surface area (TPSA) is 91.2 Å². The number of nitro benzene ring substituents is 1. The molecule has 0 unspecified atom stereocenters. The van der Waals surface area contributed by atoms with Gasteiger partial charge in [0.25, 0.3) is 5.69 Å². The number of nitro groups is 1. The highest BCUT2D eigenvalue weighted by atomic mass is 16.6. The van der Waals surface area contributed by atoms with Crippen LogP contribution in [0.3, 0.4) is 0 Å². The first-order chi connectivity index (χ1) is 12.7. The van der Waals surface area contributed by atoms with E-state index >= 15 is 0 Å². The van der Waals surface area contributed by atoms with Gasteiger partial charge in [-0.1, -0.05) is 36.4 Å². The molecule has 128 valence electrons. The smallest absolute Gasteiger partial charge is 0.274 e. The third kappa shape index (κ3) is 2.65. The molecule has 2 heterocycles. The van der Waals surface area contributed by atoms with Crippen molar-refractivity contribution >= 4 is 22.9 Å². The van der Waals surface area contributed by atoms with Crippen molar-refractivity contribution in [2.24, 2.45) is 0 Å². The van der Waals surface area contributed by atoms with Crippen LogP contribution in [-0.2, 0) is 6.54 Å². The fourth-order valence-electron chi connectivity index (χ4n) is 2.96. The average molecular weight is 347 g/mol. The zero-order chi connectivity index (χ0) is 18.1. The maximum absolute atomic E-state index is 11.3. The van der Waals surface area contributed by atoms with Crippen LogP contribution >= 0.6 is 0 Å². The van der Waals surface area contributed by atoms with Crippen LogP contribution in [0.2, 0.25) is 0 Å². The molecule has 7 heteroatoms. The van der Waals surface area contributed by atoms with Gasteiger partial charge in [0.1, 0.15) is 5.69 Å². The second-order valence-corrected chi connectivity index (χ2v) is 5.73. The van der Waals surface area contributed by atoms with Gasteiger partial charge in [-0.25, -0.2) is 0 Å². The van der Waals surface area contributed by atoms with Gasteiger partial charge in [-0.05, 0) is 18.2 Å². The lowest BCUT2D eigenvalue weighted by Crippen LogP contribution is -2.04. The van der Waals surface area contributed by atoms with E-state index in [1.54, 1.807) is 35.0 Å². The van der Waals surface area contributed by atoms with E-state index in [2.05, 4.69) is 5.10 Å². The maximum Gasteiger partial charge on any atom is 0.274 e. The number of furan rings is 1. The fourth-order valence-corrected chi connectivity index (χ4v) is 2.96. The third-order valence-electron chi connectivity index (χ3n) is 4.14. The Morgan fingerprint density at radius 1 is 1.08 bits per heavy atom. The fraction of sp³-hybridized carbons (Fsp3) is 0.0526. The Morgan fingerprint density at radius 2 is 1.85 bits per heavy atom. The number of benzene rings is 2. The van der Waals surface area contributed by atoms with E-state index in [4.69, 9.17) is 4.42 Å². The normalized spacial score (nSPS) is 10.9. The lowest BCUT2D eigenvalue weighted by molar-refractivity contribution is -0.385. The predicted molar refractivity (Wildman–Crippen MR) is 95.0 cm³/mol. The summed E-state index contributed by atoms with van der Waals surface area (Å²) in [4.78, 5) is 21.7. The summed E-state index contributed by atoms with van der Waals surface area (Å²) >= 11 is 0. The first kappa shape index (κ1) is 15.8.